The van der Waals surface area contributed by atoms with Crippen molar-refractivity contribution in [2.45, 2.75) is 59.0 Å². The van der Waals surface area contributed by atoms with Crippen molar-refractivity contribution in [3.05, 3.63) is 35.9 Å². The molecule has 0 saturated heterocycles. The molecule has 0 unspecified atom stereocenters. The Balaban J connectivity index is 2.23. The Hall–Kier alpha value is -1.77. The van der Waals surface area contributed by atoms with E-state index < -0.39 is 0 Å². The second-order valence-electron chi connectivity index (χ2n) is 6.38. The van der Waals surface area contributed by atoms with E-state index in [1.807, 2.05) is 32.9 Å². The van der Waals surface area contributed by atoms with E-state index in [2.05, 4.69) is 12.1 Å². The van der Waals surface area contributed by atoms with Gasteiger partial charge in [-0.15, -0.1) is 0 Å². The zero-order valence-electron chi connectivity index (χ0n) is 14.5. The van der Waals surface area contributed by atoms with E-state index in [1.165, 1.54) is 19.3 Å². The number of ether oxygens (including phenoxy) is 2. The van der Waals surface area contributed by atoms with Gasteiger partial charge in [0.05, 0.1) is 12.7 Å². The molecule has 0 radical (unpaired) electrons. The van der Waals surface area contributed by atoms with Crippen LogP contribution in [0.15, 0.2) is 30.3 Å². The lowest BCUT2D eigenvalue weighted by atomic mass is 9.81. The summed E-state index contributed by atoms with van der Waals surface area (Å²) in [5, 5.41) is 0. The summed E-state index contributed by atoms with van der Waals surface area (Å²) in [7, 11) is 0. The Bertz CT molecular complexity index is 522. The molecule has 3 heteroatoms. The highest BCUT2D eigenvalue weighted by atomic mass is 16.5. The van der Waals surface area contributed by atoms with Crippen LogP contribution in [0.3, 0.4) is 0 Å². The second kappa shape index (κ2) is 8.76. The summed E-state index contributed by atoms with van der Waals surface area (Å²) in [5.41, 5.74) is 2.21. The van der Waals surface area contributed by atoms with Crippen LogP contribution in [-0.2, 0) is 9.53 Å². The largest absolute Gasteiger partial charge is 0.491 e. The van der Waals surface area contributed by atoms with Gasteiger partial charge in [-0.2, -0.15) is 0 Å². The summed E-state index contributed by atoms with van der Waals surface area (Å²) in [5.74, 6) is 1.07. The molecule has 0 spiro atoms. The summed E-state index contributed by atoms with van der Waals surface area (Å²) in [4.78, 5) is 12.0. The average molecular weight is 316 g/mol. The third-order valence-corrected chi connectivity index (χ3v) is 4.16. The first-order valence-corrected chi connectivity index (χ1v) is 8.75. The van der Waals surface area contributed by atoms with Gasteiger partial charge in [-0.3, -0.25) is 0 Å². The topological polar surface area (TPSA) is 35.5 Å². The van der Waals surface area contributed by atoms with Crippen molar-refractivity contribution in [3.63, 3.8) is 0 Å². The van der Waals surface area contributed by atoms with Gasteiger partial charge < -0.3 is 9.47 Å². The molecule has 2 rings (SSSR count). The fraction of sp³-hybridized carbons (Fsp3) is 0.550. The number of carbonyl (C=O) groups is 1. The lowest BCUT2D eigenvalue weighted by Crippen LogP contribution is -2.11. The van der Waals surface area contributed by atoms with Crippen LogP contribution in [-0.4, -0.2) is 18.7 Å². The zero-order chi connectivity index (χ0) is 16.7. The van der Waals surface area contributed by atoms with Crippen LogP contribution in [0.5, 0.6) is 5.75 Å². The number of rotatable bonds is 6. The molecule has 1 aromatic carbocycles. The second-order valence-corrected chi connectivity index (χ2v) is 6.38. The van der Waals surface area contributed by atoms with Crippen molar-refractivity contribution in [1.29, 1.82) is 0 Å². The molecule has 1 aliphatic carbocycles. The lowest BCUT2D eigenvalue weighted by molar-refractivity contribution is -0.137. The first kappa shape index (κ1) is 17.6. The van der Waals surface area contributed by atoms with Crippen LogP contribution in [0.1, 0.15) is 58.4 Å². The van der Waals surface area contributed by atoms with Crippen LogP contribution >= 0.6 is 0 Å². The van der Waals surface area contributed by atoms with Crippen molar-refractivity contribution in [2.75, 3.05) is 6.61 Å². The maximum atomic E-state index is 12.0. The van der Waals surface area contributed by atoms with Gasteiger partial charge in [0.25, 0.3) is 0 Å². The van der Waals surface area contributed by atoms with Gasteiger partial charge >= 0.3 is 5.97 Å². The highest BCUT2D eigenvalue weighted by Crippen LogP contribution is 2.36. The van der Waals surface area contributed by atoms with E-state index in [-0.39, 0.29) is 12.1 Å². The summed E-state index contributed by atoms with van der Waals surface area (Å²) in [6.45, 7) is 6.28. The quantitative estimate of drug-likeness (QED) is 0.547. The zero-order valence-corrected chi connectivity index (χ0v) is 14.5. The summed E-state index contributed by atoms with van der Waals surface area (Å²) in [6, 6.07) is 8.07. The number of carbonyl (C=O) groups excluding carboxylic acids is 1. The standard InChI is InChI=1S/C20H28O3/c1-4-22-20(21)14-19(16-8-6-5-7-9-16)17-10-12-18(13-11-17)23-15(2)3/h10-16H,4-9H2,1-3H3. The molecule has 126 valence electrons. The minimum atomic E-state index is -0.240. The molecule has 0 aliphatic heterocycles. The number of allylic oxidation sites excluding steroid dienone is 1. The maximum Gasteiger partial charge on any atom is 0.331 e. The molecule has 23 heavy (non-hydrogen) atoms. The molecule has 1 aromatic rings. The monoisotopic (exact) mass is 316 g/mol. The highest BCUT2D eigenvalue weighted by Gasteiger charge is 2.20. The van der Waals surface area contributed by atoms with Crippen molar-refractivity contribution < 1.29 is 14.3 Å². The molecule has 1 fully saturated rings. The van der Waals surface area contributed by atoms with Gasteiger partial charge in [-0.1, -0.05) is 31.4 Å². The van der Waals surface area contributed by atoms with E-state index in [0.717, 1.165) is 29.7 Å². The van der Waals surface area contributed by atoms with Gasteiger partial charge in [-0.05, 0) is 62.8 Å². The number of esters is 1. The van der Waals surface area contributed by atoms with E-state index in [1.54, 1.807) is 6.08 Å². The molecule has 0 bridgehead atoms. The molecular formula is C20H28O3. The van der Waals surface area contributed by atoms with Crippen LogP contribution < -0.4 is 4.74 Å². The fourth-order valence-corrected chi connectivity index (χ4v) is 3.16. The smallest absolute Gasteiger partial charge is 0.331 e. The van der Waals surface area contributed by atoms with Crippen LogP contribution in [0.2, 0.25) is 0 Å². The first-order valence-electron chi connectivity index (χ1n) is 8.75. The number of hydrogen-bond acceptors (Lipinski definition) is 3. The number of benzene rings is 1. The van der Waals surface area contributed by atoms with Crippen molar-refractivity contribution in [1.82, 2.24) is 0 Å². The molecule has 0 amide bonds. The SMILES string of the molecule is CCOC(=O)C=C(c1ccc(OC(C)C)cc1)C1CCCCC1. The normalized spacial score (nSPS) is 16.4. The van der Waals surface area contributed by atoms with E-state index in [0.29, 0.717) is 12.5 Å². The molecule has 3 nitrogen and oxygen atoms in total. The van der Waals surface area contributed by atoms with Crippen molar-refractivity contribution in [2.24, 2.45) is 5.92 Å². The van der Waals surface area contributed by atoms with Gasteiger partial charge in [0.1, 0.15) is 5.75 Å². The molecule has 0 aromatic heterocycles. The first-order chi connectivity index (χ1) is 11.1. The predicted molar refractivity (Wildman–Crippen MR) is 93.4 cm³/mol. The van der Waals surface area contributed by atoms with E-state index in [9.17, 15) is 4.79 Å². The Labute approximate surface area is 139 Å². The van der Waals surface area contributed by atoms with Gasteiger partial charge in [0, 0.05) is 6.08 Å². The molecule has 1 aliphatic rings. The third-order valence-electron chi connectivity index (χ3n) is 4.16. The Morgan fingerprint density at radius 3 is 2.39 bits per heavy atom. The minimum Gasteiger partial charge on any atom is -0.491 e. The molecule has 0 N–H and O–H groups in total. The maximum absolute atomic E-state index is 12.0. The summed E-state index contributed by atoms with van der Waals surface area (Å²) < 4.78 is 10.8. The Morgan fingerprint density at radius 1 is 1.17 bits per heavy atom. The minimum absolute atomic E-state index is 0.161. The van der Waals surface area contributed by atoms with Gasteiger partial charge in [0.2, 0.25) is 0 Å². The van der Waals surface area contributed by atoms with Crippen LogP contribution in [0.4, 0.5) is 0 Å². The average Bonchev–Trinajstić information content (AvgIpc) is 2.54. The summed E-state index contributed by atoms with van der Waals surface area (Å²) in [6.07, 6.45) is 7.92. The summed E-state index contributed by atoms with van der Waals surface area (Å²) >= 11 is 0. The Kier molecular flexibility index (Phi) is 6.69. The fourth-order valence-electron chi connectivity index (χ4n) is 3.16. The van der Waals surface area contributed by atoms with Gasteiger partial charge in [-0.25, -0.2) is 4.79 Å². The molecular weight excluding hydrogens is 288 g/mol. The van der Waals surface area contributed by atoms with Crippen LogP contribution in [0.25, 0.3) is 5.57 Å². The van der Waals surface area contributed by atoms with Crippen molar-refractivity contribution in [3.8, 4) is 5.75 Å². The number of hydrogen-bond donors (Lipinski definition) is 0. The Morgan fingerprint density at radius 2 is 1.83 bits per heavy atom. The van der Waals surface area contributed by atoms with Gasteiger partial charge in [0.15, 0.2) is 0 Å². The lowest BCUT2D eigenvalue weighted by Gasteiger charge is -2.25. The van der Waals surface area contributed by atoms with Crippen LogP contribution in [0, 0.1) is 5.92 Å². The van der Waals surface area contributed by atoms with E-state index in [4.69, 9.17) is 9.47 Å². The van der Waals surface area contributed by atoms with E-state index >= 15 is 0 Å². The molecule has 0 atom stereocenters. The third kappa shape index (κ3) is 5.42. The molecule has 0 heterocycles. The predicted octanol–water partition coefficient (Wildman–Crippen LogP) is 5.00. The highest BCUT2D eigenvalue weighted by molar-refractivity contribution is 5.92. The van der Waals surface area contributed by atoms with Crippen molar-refractivity contribution >= 4 is 11.5 Å². The molecule has 1 saturated carbocycles.